The predicted molar refractivity (Wildman–Crippen MR) is 91.1 cm³/mol. The van der Waals surface area contributed by atoms with Gasteiger partial charge < -0.3 is 4.74 Å². The van der Waals surface area contributed by atoms with Crippen molar-refractivity contribution in [3.63, 3.8) is 0 Å². The van der Waals surface area contributed by atoms with Gasteiger partial charge in [0, 0.05) is 24.9 Å². The first-order valence-corrected chi connectivity index (χ1v) is 9.14. The molecule has 124 valence electrons. The van der Waals surface area contributed by atoms with E-state index in [4.69, 9.17) is 4.74 Å². The normalized spacial score (nSPS) is 31.7. The van der Waals surface area contributed by atoms with E-state index in [0.717, 1.165) is 48.0 Å². The van der Waals surface area contributed by atoms with Crippen molar-refractivity contribution in [2.24, 2.45) is 5.92 Å². The summed E-state index contributed by atoms with van der Waals surface area (Å²) < 4.78 is 5.93. The minimum atomic E-state index is -0.315. The van der Waals surface area contributed by atoms with Gasteiger partial charge in [0.05, 0.1) is 23.3 Å². The number of carbonyl (C=O) groups excluding carboxylic acids is 1. The van der Waals surface area contributed by atoms with Gasteiger partial charge in [0.15, 0.2) is 0 Å². The van der Waals surface area contributed by atoms with Crippen LogP contribution in [0.4, 0.5) is 9.80 Å². The Morgan fingerprint density at radius 1 is 1.21 bits per heavy atom. The zero-order chi connectivity index (χ0) is 16.1. The average Bonchev–Trinajstić information content (AvgIpc) is 3.22. The number of hydrogen-bond acceptors (Lipinski definition) is 6. The van der Waals surface area contributed by atoms with Crippen molar-refractivity contribution < 1.29 is 9.53 Å². The highest BCUT2D eigenvalue weighted by Gasteiger charge is 2.55. The lowest BCUT2D eigenvalue weighted by molar-refractivity contribution is -0.0881. The summed E-state index contributed by atoms with van der Waals surface area (Å²) in [5, 5.41) is 0.925. The van der Waals surface area contributed by atoms with Crippen molar-refractivity contribution in [1.29, 1.82) is 0 Å². The molecule has 1 spiro atoms. The van der Waals surface area contributed by atoms with Crippen LogP contribution in [0, 0.1) is 5.92 Å². The van der Waals surface area contributed by atoms with Crippen LogP contribution >= 0.6 is 11.3 Å². The second kappa shape index (κ2) is 5.26. The van der Waals surface area contributed by atoms with Crippen molar-refractivity contribution in [2.45, 2.75) is 18.4 Å². The molecule has 0 aliphatic carbocycles. The smallest absolute Gasteiger partial charge is 0.415 e. The predicted octanol–water partition coefficient (Wildman–Crippen LogP) is 2.63. The Bertz CT molecular complexity index is 772. The van der Waals surface area contributed by atoms with Gasteiger partial charge in [0.1, 0.15) is 10.6 Å². The highest BCUT2D eigenvalue weighted by molar-refractivity contribution is 7.19. The van der Waals surface area contributed by atoms with Crippen molar-refractivity contribution in [3.8, 4) is 10.6 Å². The van der Waals surface area contributed by atoms with E-state index in [2.05, 4.69) is 14.9 Å². The van der Waals surface area contributed by atoms with E-state index in [9.17, 15) is 4.79 Å². The molecule has 0 radical (unpaired) electrons. The molecule has 1 atom stereocenters. The van der Waals surface area contributed by atoms with Crippen molar-refractivity contribution in [2.75, 3.05) is 31.1 Å². The molecule has 2 aromatic rings. The zero-order valence-corrected chi connectivity index (χ0v) is 14.0. The largest absolute Gasteiger partial charge is 0.439 e. The quantitative estimate of drug-likeness (QED) is 0.840. The summed E-state index contributed by atoms with van der Waals surface area (Å²) in [5.41, 5.74) is 0.517. The van der Waals surface area contributed by atoms with E-state index in [1.165, 1.54) is 0 Å². The summed E-state index contributed by atoms with van der Waals surface area (Å²) in [4.78, 5) is 26.2. The van der Waals surface area contributed by atoms with Gasteiger partial charge in [-0.1, -0.05) is 0 Å². The highest BCUT2D eigenvalue weighted by atomic mass is 32.1. The van der Waals surface area contributed by atoms with Crippen molar-refractivity contribution in [1.82, 2.24) is 14.9 Å². The summed E-state index contributed by atoms with van der Waals surface area (Å²) in [5.74, 6) is 0.496. The minimum absolute atomic E-state index is 0.212. The molecule has 4 aliphatic heterocycles. The van der Waals surface area contributed by atoms with Crippen LogP contribution < -0.4 is 4.90 Å². The molecule has 6 rings (SSSR count). The highest BCUT2D eigenvalue weighted by Crippen LogP contribution is 2.44. The van der Waals surface area contributed by atoms with Crippen LogP contribution in [-0.4, -0.2) is 52.7 Å². The first-order chi connectivity index (χ1) is 11.7. The molecule has 7 heteroatoms. The number of ether oxygens (including phenoxy) is 1. The SMILES string of the molecule is O=C1OC2(CN3CCC2CC3)CN1c1ccc(-c2cnccn2)s1. The third kappa shape index (κ3) is 2.15. The molecule has 1 unspecified atom stereocenters. The number of hydrogen-bond donors (Lipinski definition) is 0. The van der Waals surface area contributed by atoms with E-state index < -0.39 is 0 Å². The maximum atomic E-state index is 12.5. The molecular formula is C17H18N4O2S. The summed E-state index contributed by atoms with van der Waals surface area (Å²) in [7, 11) is 0. The second-order valence-corrected chi connectivity index (χ2v) is 7.86. The molecule has 4 fully saturated rings. The molecule has 0 aromatic carbocycles. The monoisotopic (exact) mass is 342 g/mol. The van der Waals surface area contributed by atoms with Crippen LogP contribution in [0.1, 0.15) is 12.8 Å². The molecule has 6 heterocycles. The van der Waals surface area contributed by atoms with Gasteiger partial charge >= 0.3 is 6.09 Å². The van der Waals surface area contributed by atoms with E-state index in [0.29, 0.717) is 12.5 Å². The van der Waals surface area contributed by atoms with E-state index in [-0.39, 0.29) is 11.7 Å². The molecule has 6 nitrogen and oxygen atoms in total. The molecule has 2 aromatic heterocycles. The number of amides is 1. The Labute approximate surface area is 144 Å². The average molecular weight is 342 g/mol. The summed E-state index contributed by atoms with van der Waals surface area (Å²) in [6, 6.07) is 3.98. The number of thiophene rings is 1. The molecule has 0 N–H and O–H groups in total. The van der Waals surface area contributed by atoms with Gasteiger partial charge in [-0.25, -0.2) is 4.79 Å². The van der Waals surface area contributed by atoms with Crippen LogP contribution in [0.3, 0.4) is 0 Å². The maximum absolute atomic E-state index is 12.5. The molecular weight excluding hydrogens is 324 g/mol. The molecule has 2 bridgehead atoms. The molecule has 4 aliphatic rings. The van der Waals surface area contributed by atoms with E-state index >= 15 is 0 Å². The number of fused-ring (bicyclic) bond motifs is 2. The van der Waals surface area contributed by atoms with Gasteiger partial charge in [-0.2, -0.15) is 0 Å². The Kier molecular flexibility index (Phi) is 3.14. The zero-order valence-electron chi connectivity index (χ0n) is 13.2. The van der Waals surface area contributed by atoms with Crippen LogP contribution in [0.5, 0.6) is 0 Å². The minimum Gasteiger partial charge on any atom is -0.439 e. The van der Waals surface area contributed by atoms with Crippen LogP contribution in [0.2, 0.25) is 0 Å². The van der Waals surface area contributed by atoms with E-state index in [1.54, 1.807) is 34.8 Å². The second-order valence-electron chi connectivity index (χ2n) is 6.80. The number of aromatic nitrogens is 2. The van der Waals surface area contributed by atoms with Gasteiger partial charge in [-0.3, -0.25) is 19.8 Å². The number of nitrogens with zero attached hydrogens (tertiary/aromatic N) is 4. The molecule has 0 saturated carbocycles. The third-order valence-electron chi connectivity index (χ3n) is 5.43. The summed E-state index contributed by atoms with van der Waals surface area (Å²) in [6.45, 7) is 3.81. The Balaban J connectivity index is 1.42. The van der Waals surface area contributed by atoms with Gasteiger partial charge in [0.2, 0.25) is 0 Å². The van der Waals surface area contributed by atoms with Crippen LogP contribution in [0.25, 0.3) is 10.6 Å². The lowest BCUT2D eigenvalue weighted by Crippen LogP contribution is -2.61. The van der Waals surface area contributed by atoms with Crippen molar-refractivity contribution in [3.05, 3.63) is 30.7 Å². The lowest BCUT2D eigenvalue weighted by atomic mass is 9.75. The first kappa shape index (κ1) is 14.4. The lowest BCUT2D eigenvalue weighted by Gasteiger charge is -2.49. The van der Waals surface area contributed by atoms with E-state index in [1.807, 2.05) is 12.1 Å². The third-order valence-corrected chi connectivity index (χ3v) is 6.56. The van der Waals surface area contributed by atoms with Gasteiger partial charge in [0.25, 0.3) is 0 Å². The number of anilines is 1. The standard InChI is InChI=1S/C17H18N4O2S/c22-16-21(11-17(23-16)10-20-7-3-12(17)4-8-20)15-2-1-14(24-15)13-9-18-5-6-19-13/h1-2,5-6,9,12H,3-4,7-8,10-11H2. The topological polar surface area (TPSA) is 58.6 Å². The summed E-state index contributed by atoms with van der Waals surface area (Å²) in [6.07, 6.45) is 7.14. The fourth-order valence-corrected chi connectivity index (χ4v) is 5.17. The van der Waals surface area contributed by atoms with Crippen LogP contribution in [0.15, 0.2) is 30.7 Å². The van der Waals surface area contributed by atoms with Crippen molar-refractivity contribution >= 4 is 22.4 Å². The molecule has 4 saturated heterocycles. The van der Waals surface area contributed by atoms with Gasteiger partial charge in [-0.15, -0.1) is 11.3 Å². The first-order valence-electron chi connectivity index (χ1n) is 8.33. The maximum Gasteiger partial charge on any atom is 0.415 e. The molecule has 24 heavy (non-hydrogen) atoms. The number of carbonyl (C=O) groups is 1. The Hall–Kier alpha value is -1.99. The fourth-order valence-electron chi connectivity index (χ4n) is 4.22. The Morgan fingerprint density at radius 3 is 2.79 bits per heavy atom. The Morgan fingerprint density at radius 2 is 2.08 bits per heavy atom. The summed E-state index contributed by atoms with van der Waals surface area (Å²) >= 11 is 1.56. The molecule has 1 amide bonds. The van der Waals surface area contributed by atoms with Gasteiger partial charge in [-0.05, 0) is 38.1 Å². The fraction of sp³-hybridized carbons (Fsp3) is 0.471. The number of rotatable bonds is 2. The number of piperidine rings is 3. The van der Waals surface area contributed by atoms with Crippen LogP contribution in [-0.2, 0) is 4.74 Å².